The zero-order valence-electron chi connectivity index (χ0n) is 10.8. The smallest absolute Gasteiger partial charge is 0.399 e. The first kappa shape index (κ1) is 12.0. The highest BCUT2D eigenvalue weighted by molar-refractivity contribution is 6.54. The number of hydrogen-bond acceptors (Lipinski definition) is 2. The molecular weight excluding hydrogens is 199 g/mol. The molecule has 16 heavy (non-hydrogen) atoms. The minimum absolute atomic E-state index is 0.195. The number of rotatable bonds is 1. The third kappa shape index (κ3) is 2.13. The van der Waals surface area contributed by atoms with Gasteiger partial charge in [0.15, 0.2) is 0 Å². The Morgan fingerprint density at radius 3 is 2.38 bits per heavy atom. The average molecular weight is 220 g/mol. The standard InChI is InChI=1S/C13H21BO2/c1-12(2)13(3,4)16-14(15-12)11-9-7-5-6-8-10-11/h7H,5-6,8,10H2,1-4H3. The van der Waals surface area contributed by atoms with E-state index >= 15 is 0 Å². The van der Waals surface area contributed by atoms with Crippen molar-refractivity contribution in [1.29, 1.82) is 0 Å². The lowest BCUT2D eigenvalue weighted by Gasteiger charge is -2.32. The van der Waals surface area contributed by atoms with Gasteiger partial charge in [-0.25, -0.2) is 0 Å². The van der Waals surface area contributed by atoms with Crippen molar-refractivity contribution in [3.63, 3.8) is 0 Å². The molecule has 1 heterocycles. The Bertz CT molecular complexity index is 322. The zero-order valence-corrected chi connectivity index (χ0v) is 10.8. The molecule has 0 aromatic heterocycles. The fourth-order valence-electron chi connectivity index (χ4n) is 2.01. The Kier molecular flexibility index (Phi) is 3.04. The summed E-state index contributed by atoms with van der Waals surface area (Å²) in [7, 11) is -0.195. The van der Waals surface area contributed by atoms with E-state index in [2.05, 4.69) is 39.5 Å². The van der Waals surface area contributed by atoms with Crippen LogP contribution in [0.2, 0.25) is 0 Å². The second kappa shape index (κ2) is 4.07. The van der Waals surface area contributed by atoms with Crippen LogP contribution < -0.4 is 0 Å². The molecule has 2 nitrogen and oxygen atoms in total. The molecule has 88 valence electrons. The van der Waals surface area contributed by atoms with Crippen LogP contribution in [-0.2, 0) is 9.31 Å². The molecule has 0 N–H and O–H groups in total. The van der Waals surface area contributed by atoms with Crippen molar-refractivity contribution in [3.8, 4) is 0 Å². The van der Waals surface area contributed by atoms with Crippen molar-refractivity contribution in [2.24, 2.45) is 0 Å². The first-order valence-corrected chi connectivity index (χ1v) is 6.22. The van der Waals surface area contributed by atoms with Gasteiger partial charge in [-0.3, -0.25) is 0 Å². The Balaban J connectivity index is 2.17. The van der Waals surface area contributed by atoms with Gasteiger partial charge in [0.25, 0.3) is 0 Å². The molecule has 0 saturated carbocycles. The van der Waals surface area contributed by atoms with Crippen molar-refractivity contribution >= 4 is 7.12 Å². The van der Waals surface area contributed by atoms with Gasteiger partial charge in [-0.05, 0) is 59.5 Å². The molecule has 3 heteroatoms. The summed E-state index contributed by atoms with van der Waals surface area (Å²) >= 11 is 0. The summed E-state index contributed by atoms with van der Waals surface area (Å²) in [6, 6.07) is 0. The van der Waals surface area contributed by atoms with Gasteiger partial charge in [0.1, 0.15) is 0 Å². The monoisotopic (exact) mass is 220 g/mol. The Labute approximate surface area is 98.8 Å². The van der Waals surface area contributed by atoms with E-state index in [-0.39, 0.29) is 18.3 Å². The van der Waals surface area contributed by atoms with Gasteiger partial charge >= 0.3 is 7.12 Å². The maximum atomic E-state index is 6.02. The third-order valence-corrected chi connectivity index (χ3v) is 3.87. The molecule has 1 aliphatic heterocycles. The minimum Gasteiger partial charge on any atom is -0.399 e. The van der Waals surface area contributed by atoms with Gasteiger partial charge in [0, 0.05) is 5.47 Å². The van der Waals surface area contributed by atoms with E-state index in [4.69, 9.17) is 9.31 Å². The van der Waals surface area contributed by atoms with E-state index in [1.54, 1.807) is 0 Å². The van der Waals surface area contributed by atoms with Gasteiger partial charge in [0.2, 0.25) is 0 Å². The molecule has 0 atom stereocenters. The van der Waals surface area contributed by atoms with Gasteiger partial charge in [-0.1, -0.05) is 0 Å². The third-order valence-electron chi connectivity index (χ3n) is 3.87. The summed E-state index contributed by atoms with van der Waals surface area (Å²) < 4.78 is 12.0. The summed E-state index contributed by atoms with van der Waals surface area (Å²) in [6.07, 6.45) is 6.75. The summed E-state index contributed by atoms with van der Waals surface area (Å²) in [4.78, 5) is 0. The highest BCUT2D eigenvalue weighted by atomic mass is 16.7. The van der Waals surface area contributed by atoms with E-state index in [1.807, 2.05) is 0 Å². The SMILES string of the molecule is CC1(C)OB(C2=C=CCCCC2)OC1(C)C. The van der Waals surface area contributed by atoms with Crippen molar-refractivity contribution in [1.82, 2.24) is 0 Å². The van der Waals surface area contributed by atoms with Crippen LogP contribution in [0.4, 0.5) is 0 Å². The van der Waals surface area contributed by atoms with Gasteiger partial charge in [-0.2, -0.15) is 0 Å². The predicted octanol–water partition coefficient (Wildman–Crippen LogP) is 3.27. The van der Waals surface area contributed by atoms with Crippen molar-refractivity contribution in [2.45, 2.75) is 64.6 Å². The fraction of sp³-hybridized carbons (Fsp3) is 0.769. The molecule has 1 aliphatic carbocycles. The molecule has 2 aliphatic rings. The van der Waals surface area contributed by atoms with Crippen LogP contribution in [0.15, 0.2) is 17.3 Å². The van der Waals surface area contributed by atoms with Gasteiger partial charge < -0.3 is 9.31 Å². The average Bonchev–Trinajstić information content (AvgIpc) is 2.42. The Hall–Kier alpha value is -0.495. The minimum atomic E-state index is -0.237. The zero-order chi connectivity index (χ0) is 11.8. The molecule has 0 radical (unpaired) electrons. The lowest BCUT2D eigenvalue weighted by Crippen LogP contribution is -2.41. The van der Waals surface area contributed by atoms with Crippen LogP contribution >= 0.6 is 0 Å². The topological polar surface area (TPSA) is 18.5 Å². The van der Waals surface area contributed by atoms with E-state index < -0.39 is 0 Å². The predicted molar refractivity (Wildman–Crippen MR) is 66.1 cm³/mol. The van der Waals surface area contributed by atoms with E-state index in [0.29, 0.717) is 0 Å². The van der Waals surface area contributed by atoms with Gasteiger partial charge in [0.05, 0.1) is 11.2 Å². The van der Waals surface area contributed by atoms with Crippen molar-refractivity contribution < 1.29 is 9.31 Å². The Morgan fingerprint density at radius 1 is 1.12 bits per heavy atom. The van der Waals surface area contributed by atoms with Crippen LogP contribution in [0.1, 0.15) is 53.4 Å². The molecule has 0 aromatic carbocycles. The summed E-state index contributed by atoms with van der Waals surface area (Å²) in [5, 5.41) is 0. The molecular formula is C13H21BO2. The van der Waals surface area contributed by atoms with E-state index in [0.717, 1.165) is 12.8 Å². The maximum absolute atomic E-state index is 6.02. The summed E-state index contributed by atoms with van der Waals surface area (Å²) in [5.41, 5.74) is 4.04. The fourth-order valence-corrected chi connectivity index (χ4v) is 2.01. The maximum Gasteiger partial charge on any atom is 0.498 e. The van der Waals surface area contributed by atoms with Crippen molar-refractivity contribution in [3.05, 3.63) is 17.3 Å². The van der Waals surface area contributed by atoms with E-state index in [1.165, 1.54) is 18.3 Å². The molecule has 0 spiro atoms. The molecule has 0 bridgehead atoms. The first-order chi connectivity index (χ1) is 7.42. The lowest BCUT2D eigenvalue weighted by atomic mass is 9.76. The summed E-state index contributed by atoms with van der Waals surface area (Å²) in [5.74, 6) is 0. The van der Waals surface area contributed by atoms with Crippen LogP contribution in [0.25, 0.3) is 0 Å². The normalized spacial score (nSPS) is 27.8. The molecule has 1 saturated heterocycles. The largest absolute Gasteiger partial charge is 0.498 e. The van der Waals surface area contributed by atoms with Crippen molar-refractivity contribution in [2.75, 3.05) is 0 Å². The quantitative estimate of drug-likeness (QED) is 0.498. The highest BCUT2D eigenvalue weighted by Crippen LogP contribution is 2.39. The molecule has 0 aromatic rings. The molecule has 2 rings (SSSR count). The van der Waals surface area contributed by atoms with E-state index in [9.17, 15) is 0 Å². The Morgan fingerprint density at radius 2 is 1.75 bits per heavy atom. The van der Waals surface area contributed by atoms with Gasteiger partial charge in [-0.15, -0.1) is 5.73 Å². The lowest BCUT2D eigenvalue weighted by molar-refractivity contribution is 0.00578. The van der Waals surface area contributed by atoms with Crippen LogP contribution in [0.3, 0.4) is 0 Å². The second-order valence-electron chi connectivity index (χ2n) is 5.71. The van der Waals surface area contributed by atoms with Crippen LogP contribution in [0.5, 0.6) is 0 Å². The van der Waals surface area contributed by atoms with Crippen LogP contribution in [-0.4, -0.2) is 18.3 Å². The molecule has 0 unspecified atom stereocenters. The van der Waals surface area contributed by atoms with Crippen LogP contribution in [0, 0.1) is 0 Å². The number of hydrogen-bond donors (Lipinski definition) is 0. The number of allylic oxidation sites excluding steroid dienone is 1. The highest BCUT2D eigenvalue weighted by Gasteiger charge is 2.52. The molecule has 0 amide bonds. The molecule has 1 fully saturated rings. The first-order valence-electron chi connectivity index (χ1n) is 6.22. The summed E-state index contributed by atoms with van der Waals surface area (Å²) in [6.45, 7) is 8.36. The second-order valence-corrected chi connectivity index (χ2v) is 5.71.